The van der Waals surface area contributed by atoms with Crippen molar-refractivity contribution in [2.45, 2.75) is 131 Å². The fraction of sp³-hybridized carbons (Fsp3) is 0.463. The van der Waals surface area contributed by atoms with Gasteiger partial charge in [-0.3, -0.25) is 6.08 Å². The number of hydrogen-bond acceptors (Lipinski definition) is 0. The number of benzene rings is 4. The fourth-order valence-electron chi connectivity index (χ4n) is 10.6. The van der Waals surface area contributed by atoms with Crippen molar-refractivity contribution in [2.24, 2.45) is 29.1 Å². The second kappa shape index (κ2) is 18.1. The summed E-state index contributed by atoms with van der Waals surface area (Å²) in [4.78, 5) is 0. The molecule has 4 aromatic carbocycles. The molecule has 0 saturated heterocycles. The van der Waals surface area contributed by atoms with Gasteiger partial charge in [0.05, 0.1) is 0 Å². The normalized spacial score (nSPS) is 23.6. The summed E-state index contributed by atoms with van der Waals surface area (Å²) >= 11 is 1.46. The Hall–Kier alpha value is -2.31. The van der Waals surface area contributed by atoms with Gasteiger partial charge in [-0.2, -0.15) is 35.4 Å². The summed E-state index contributed by atoms with van der Waals surface area (Å²) in [6.45, 7) is 22.4. The van der Waals surface area contributed by atoms with Crippen LogP contribution in [0.4, 0.5) is 0 Å². The van der Waals surface area contributed by atoms with Gasteiger partial charge in [-0.05, 0) is 90.1 Å². The van der Waals surface area contributed by atoms with Crippen molar-refractivity contribution in [3.8, 4) is 11.1 Å². The van der Waals surface area contributed by atoms with Crippen molar-refractivity contribution in [1.82, 2.24) is 0 Å². The number of allylic oxidation sites excluding steroid dienone is 4. The molecule has 6 aliphatic carbocycles. The molecule has 4 aromatic rings. The van der Waals surface area contributed by atoms with Crippen LogP contribution in [0, 0.1) is 55.1 Å². The molecule has 0 nitrogen and oxygen atoms in total. The minimum absolute atomic E-state index is 0. The second-order valence-electron chi connectivity index (χ2n) is 20.3. The monoisotopic (exact) mass is 872 g/mol. The van der Waals surface area contributed by atoms with Gasteiger partial charge in [0.2, 0.25) is 0 Å². The third-order valence-electron chi connectivity index (χ3n) is 13.3. The van der Waals surface area contributed by atoms with Crippen LogP contribution >= 0.6 is 0 Å². The summed E-state index contributed by atoms with van der Waals surface area (Å²) in [7, 11) is 0. The SMILES string of the molecule is CC(C)(C)c1[c-]c2c(cc1)-c1ccc(C(C)(C)C)cc1C2.CC1=[C-]C(C)C=C1CC12CC3CC(CC(C3)C1)C2.Cc1ccc([C](=[Zr+2])c2ccc(C)cc2)cc1.[Cl-].[Cl-]. The molecule has 10 rings (SSSR count). The molecule has 4 saturated carbocycles. The number of aryl methyl sites for hydroxylation is 2. The summed E-state index contributed by atoms with van der Waals surface area (Å²) in [5.41, 5.74) is 17.8. The maximum atomic E-state index is 3.67. The predicted octanol–water partition coefficient (Wildman–Crippen LogP) is 8.00. The van der Waals surface area contributed by atoms with E-state index in [4.69, 9.17) is 0 Å². The number of rotatable bonds is 4. The second-order valence-corrected chi connectivity index (χ2v) is 21.5. The van der Waals surface area contributed by atoms with E-state index in [1.54, 1.807) is 44.1 Å². The first kappa shape index (κ1) is 45.8. The Morgan fingerprint density at radius 3 is 1.65 bits per heavy atom. The van der Waals surface area contributed by atoms with Gasteiger partial charge in [0.1, 0.15) is 0 Å². The molecule has 300 valence electrons. The molecule has 0 heterocycles. The van der Waals surface area contributed by atoms with Crippen LogP contribution in [0.2, 0.25) is 0 Å². The Balaban J connectivity index is 0.000000162. The van der Waals surface area contributed by atoms with E-state index in [-0.39, 0.29) is 35.6 Å². The third-order valence-corrected chi connectivity index (χ3v) is 14.7. The summed E-state index contributed by atoms with van der Waals surface area (Å²) < 4.78 is 1.42. The average Bonchev–Trinajstić information content (AvgIpc) is 3.64. The van der Waals surface area contributed by atoms with Gasteiger partial charge in [-0.15, -0.1) is 11.1 Å². The van der Waals surface area contributed by atoms with Crippen LogP contribution in [0.25, 0.3) is 11.1 Å². The molecular formula is C54H64Cl2Zr-2. The Morgan fingerprint density at radius 1 is 0.684 bits per heavy atom. The van der Waals surface area contributed by atoms with Crippen molar-refractivity contribution in [3.63, 3.8) is 0 Å². The van der Waals surface area contributed by atoms with Crippen molar-refractivity contribution in [1.29, 1.82) is 0 Å². The first-order valence-electron chi connectivity index (χ1n) is 21.2. The van der Waals surface area contributed by atoms with Gasteiger partial charge in [0, 0.05) is 0 Å². The van der Waals surface area contributed by atoms with Crippen molar-refractivity contribution < 1.29 is 49.0 Å². The molecule has 1 atom stereocenters. The van der Waals surface area contributed by atoms with E-state index in [0.29, 0.717) is 11.3 Å². The van der Waals surface area contributed by atoms with Gasteiger partial charge in [-0.1, -0.05) is 91.5 Å². The molecule has 57 heavy (non-hydrogen) atoms. The average molecular weight is 875 g/mol. The number of halogens is 2. The van der Waals surface area contributed by atoms with Gasteiger partial charge in [0.25, 0.3) is 0 Å². The van der Waals surface area contributed by atoms with Crippen molar-refractivity contribution in [2.75, 3.05) is 0 Å². The van der Waals surface area contributed by atoms with E-state index in [2.05, 4.69) is 166 Å². The first-order chi connectivity index (χ1) is 25.9. The van der Waals surface area contributed by atoms with Crippen molar-refractivity contribution in [3.05, 3.63) is 153 Å². The van der Waals surface area contributed by atoms with E-state index < -0.39 is 0 Å². The van der Waals surface area contributed by atoms with Gasteiger partial charge in [0.15, 0.2) is 0 Å². The zero-order valence-electron chi connectivity index (χ0n) is 36.3. The smallest absolute Gasteiger partial charge is 1.00 e. The third kappa shape index (κ3) is 10.7. The molecule has 4 bridgehead atoms. The van der Waals surface area contributed by atoms with Crippen LogP contribution in [-0.4, -0.2) is 3.21 Å². The quantitative estimate of drug-likeness (QED) is 0.161. The number of hydrogen-bond donors (Lipinski definition) is 0. The summed E-state index contributed by atoms with van der Waals surface area (Å²) in [6.07, 6.45) is 17.8. The van der Waals surface area contributed by atoms with E-state index in [1.807, 2.05) is 0 Å². The van der Waals surface area contributed by atoms with E-state index >= 15 is 0 Å². The topological polar surface area (TPSA) is 0 Å². The minimum atomic E-state index is 0. The predicted molar refractivity (Wildman–Crippen MR) is 231 cm³/mol. The largest absolute Gasteiger partial charge is 1.00 e. The zero-order valence-corrected chi connectivity index (χ0v) is 40.3. The molecule has 0 aromatic heterocycles. The fourth-order valence-corrected chi connectivity index (χ4v) is 11.5. The summed E-state index contributed by atoms with van der Waals surface area (Å²) in [5.74, 6) is 3.82. The Kier molecular flexibility index (Phi) is 14.6. The Bertz CT molecular complexity index is 1950. The van der Waals surface area contributed by atoms with Gasteiger partial charge < -0.3 is 24.8 Å². The molecule has 0 radical (unpaired) electrons. The molecule has 0 aliphatic heterocycles. The Morgan fingerprint density at radius 2 is 1.19 bits per heavy atom. The molecule has 3 heteroatoms. The molecule has 0 amide bonds. The number of fused-ring (bicyclic) bond motifs is 3. The zero-order chi connectivity index (χ0) is 39.3. The maximum absolute atomic E-state index is 3.67. The molecule has 1 unspecified atom stereocenters. The Labute approximate surface area is 374 Å². The van der Waals surface area contributed by atoms with Gasteiger partial charge >= 0.3 is 112 Å². The van der Waals surface area contributed by atoms with Crippen LogP contribution in [0.15, 0.2) is 96.1 Å². The van der Waals surface area contributed by atoms with E-state index in [1.165, 1.54) is 95.1 Å². The van der Waals surface area contributed by atoms with Crippen LogP contribution in [0.3, 0.4) is 0 Å². The molecule has 6 aliphatic rings. The minimum Gasteiger partial charge on any atom is -1.00 e. The van der Waals surface area contributed by atoms with Crippen LogP contribution in [0.5, 0.6) is 0 Å². The van der Waals surface area contributed by atoms with Crippen LogP contribution in [0.1, 0.15) is 145 Å². The van der Waals surface area contributed by atoms with E-state index in [0.717, 1.165) is 24.2 Å². The molecule has 0 spiro atoms. The standard InChI is InChI=1S/C21H25.C18H25.C15H14.2ClH.Zr/c1-20(2,3)16-7-9-18-14(12-16)11-15-13-17(21(4,5)6)8-10-19(15)18;1-12-3-13(2)17(4-12)11-18-8-14-5-15(9-18)7-16(6-14)10-18;1-12-3-7-14(8-4-12)11-15-9-5-13(2)6-10-15;;;/h7-10,12H,11H2,1-6H3;4,12,14-16H,5-11H2,1-2H3;3-10H,1-2H3;2*1H;/q2*-1;;;;+2/p-2. The summed E-state index contributed by atoms with van der Waals surface area (Å²) in [6, 6.07) is 32.7. The van der Waals surface area contributed by atoms with Crippen molar-refractivity contribution >= 4 is 3.21 Å². The molecule has 0 N–H and O–H groups in total. The molecular weight excluding hydrogens is 811 g/mol. The first-order valence-corrected chi connectivity index (χ1v) is 22.4. The van der Waals surface area contributed by atoms with Crippen LogP contribution in [-0.2, 0) is 41.5 Å². The molecule has 4 fully saturated rings. The summed E-state index contributed by atoms with van der Waals surface area (Å²) in [5, 5.41) is 0. The van der Waals surface area contributed by atoms with Crippen LogP contribution < -0.4 is 24.8 Å². The maximum Gasteiger partial charge on any atom is -1.00 e. The van der Waals surface area contributed by atoms with Gasteiger partial charge in [-0.25, -0.2) is 5.57 Å². The van der Waals surface area contributed by atoms with E-state index in [9.17, 15) is 0 Å².